The Labute approximate surface area is 178 Å². The predicted molar refractivity (Wildman–Crippen MR) is 116 cm³/mol. The number of carbonyl (C=O) groups is 2. The standard InChI is InChI=1S/C24H30N2O4/c1-16(2)25-24(28)21-15-26(23(27)12-17-8-6-5-7-9-17)14-20(21)19-13-18(29-3)10-11-22(19)30-4/h5-11,13,16,20-21H,12,14-15H2,1-4H3,(H,25,28)/t20-,21+/m0/s1. The van der Waals surface area contributed by atoms with Crippen LogP contribution in [0.15, 0.2) is 48.5 Å². The predicted octanol–water partition coefficient (Wildman–Crippen LogP) is 3.01. The van der Waals surface area contributed by atoms with Gasteiger partial charge in [0, 0.05) is 30.6 Å². The number of ether oxygens (including phenoxy) is 2. The van der Waals surface area contributed by atoms with E-state index >= 15 is 0 Å². The highest BCUT2D eigenvalue weighted by Gasteiger charge is 2.41. The lowest BCUT2D eigenvalue weighted by Gasteiger charge is -2.22. The Morgan fingerprint density at radius 2 is 1.80 bits per heavy atom. The first kappa shape index (κ1) is 21.7. The van der Waals surface area contributed by atoms with E-state index in [2.05, 4.69) is 5.32 Å². The number of likely N-dealkylation sites (tertiary alicyclic amines) is 1. The first-order valence-corrected chi connectivity index (χ1v) is 10.3. The van der Waals surface area contributed by atoms with Gasteiger partial charge in [-0.05, 0) is 37.6 Å². The smallest absolute Gasteiger partial charge is 0.227 e. The summed E-state index contributed by atoms with van der Waals surface area (Å²) in [6.07, 6.45) is 0.321. The number of benzene rings is 2. The molecular weight excluding hydrogens is 380 g/mol. The Bertz CT molecular complexity index is 882. The van der Waals surface area contributed by atoms with E-state index in [0.29, 0.717) is 31.0 Å². The summed E-state index contributed by atoms with van der Waals surface area (Å²) in [7, 11) is 3.22. The first-order chi connectivity index (χ1) is 14.4. The molecule has 6 nitrogen and oxygen atoms in total. The molecule has 0 aliphatic carbocycles. The second-order valence-corrected chi connectivity index (χ2v) is 7.95. The Morgan fingerprint density at radius 1 is 1.07 bits per heavy atom. The van der Waals surface area contributed by atoms with Gasteiger partial charge in [0.1, 0.15) is 11.5 Å². The highest BCUT2D eigenvalue weighted by atomic mass is 16.5. The molecule has 160 valence electrons. The van der Waals surface area contributed by atoms with E-state index in [4.69, 9.17) is 9.47 Å². The second kappa shape index (κ2) is 9.65. The van der Waals surface area contributed by atoms with Crippen molar-refractivity contribution in [2.24, 2.45) is 5.92 Å². The van der Waals surface area contributed by atoms with E-state index in [1.54, 1.807) is 19.1 Å². The van der Waals surface area contributed by atoms with Gasteiger partial charge < -0.3 is 19.7 Å². The SMILES string of the molecule is COc1ccc(OC)c([C@@H]2CN(C(=O)Cc3ccccc3)C[C@H]2C(=O)NC(C)C)c1. The van der Waals surface area contributed by atoms with E-state index in [0.717, 1.165) is 11.1 Å². The van der Waals surface area contributed by atoms with Crippen LogP contribution in [0.3, 0.4) is 0 Å². The monoisotopic (exact) mass is 410 g/mol. The van der Waals surface area contributed by atoms with Crippen LogP contribution in [0.25, 0.3) is 0 Å². The zero-order valence-corrected chi connectivity index (χ0v) is 18.1. The summed E-state index contributed by atoms with van der Waals surface area (Å²) in [4.78, 5) is 27.8. The average Bonchev–Trinajstić information content (AvgIpc) is 3.19. The Hall–Kier alpha value is -3.02. The maximum atomic E-state index is 13.0. The molecule has 0 spiro atoms. The van der Waals surface area contributed by atoms with Gasteiger partial charge in [-0.2, -0.15) is 0 Å². The van der Waals surface area contributed by atoms with Crippen molar-refractivity contribution >= 4 is 11.8 Å². The second-order valence-electron chi connectivity index (χ2n) is 7.95. The molecule has 0 unspecified atom stereocenters. The lowest BCUT2D eigenvalue weighted by Crippen LogP contribution is -2.39. The summed E-state index contributed by atoms with van der Waals surface area (Å²) in [5.41, 5.74) is 1.85. The molecule has 2 atom stereocenters. The molecule has 1 fully saturated rings. The molecular formula is C24H30N2O4. The molecule has 2 amide bonds. The molecule has 30 heavy (non-hydrogen) atoms. The van der Waals surface area contributed by atoms with Crippen molar-refractivity contribution in [3.05, 3.63) is 59.7 Å². The van der Waals surface area contributed by atoms with Crippen molar-refractivity contribution in [1.82, 2.24) is 10.2 Å². The Kier molecular flexibility index (Phi) is 6.98. The van der Waals surface area contributed by atoms with Crippen LogP contribution in [-0.4, -0.2) is 50.1 Å². The van der Waals surface area contributed by atoms with Crippen molar-refractivity contribution in [3.63, 3.8) is 0 Å². The Balaban J connectivity index is 1.89. The van der Waals surface area contributed by atoms with E-state index in [1.165, 1.54) is 0 Å². The first-order valence-electron chi connectivity index (χ1n) is 10.3. The summed E-state index contributed by atoms with van der Waals surface area (Å²) in [6.45, 7) is 4.72. The molecule has 2 aromatic rings. The zero-order valence-electron chi connectivity index (χ0n) is 18.1. The fourth-order valence-corrected chi connectivity index (χ4v) is 3.99. The zero-order chi connectivity index (χ0) is 21.7. The fourth-order valence-electron chi connectivity index (χ4n) is 3.99. The van der Waals surface area contributed by atoms with Gasteiger partial charge in [0.05, 0.1) is 26.6 Å². The van der Waals surface area contributed by atoms with Crippen LogP contribution in [0.4, 0.5) is 0 Å². The number of methoxy groups -OCH3 is 2. The van der Waals surface area contributed by atoms with Crippen LogP contribution in [0.1, 0.15) is 30.9 Å². The van der Waals surface area contributed by atoms with Gasteiger partial charge in [-0.3, -0.25) is 9.59 Å². The molecule has 1 N–H and O–H groups in total. The lowest BCUT2D eigenvalue weighted by atomic mass is 9.87. The summed E-state index contributed by atoms with van der Waals surface area (Å²) >= 11 is 0. The molecule has 0 saturated carbocycles. The van der Waals surface area contributed by atoms with Crippen molar-refractivity contribution in [3.8, 4) is 11.5 Å². The van der Waals surface area contributed by atoms with Gasteiger partial charge in [0.15, 0.2) is 0 Å². The maximum absolute atomic E-state index is 13.0. The van der Waals surface area contributed by atoms with E-state index in [9.17, 15) is 9.59 Å². The van der Waals surface area contributed by atoms with Crippen LogP contribution in [0.2, 0.25) is 0 Å². The van der Waals surface area contributed by atoms with E-state index in [-0.39, 0.29) is 29.7 Å². The molecule has 1 aliphatic rings. The van der Waals surface area contributed by atoms with Crippen LogP contribution >= 0.6 is 0 Å². The number of carbonyl (C=O) groups excluding carboxylic acids is 2. The Morgan fingerprint density at radius 3 is 2.43 bits per heavy atom. The summed E-state index contributed by atoms with van der Waals surface area (Å²) in [5.74, 6) is 0.841. The van der Waals surface area contributed by atoms with Gasteiger partial charge in [-0.15, -0.1) is 0 Å². The summed E-state index contributed by atoms with van der Waals surface area (Å²) in [6, 6.07) is 15.3. The topological polar surface area (TPSA) is 67.9 Å². The van der Waals surface area contributed by atoms with Crippen LogP contribution in [0, 0.1) is 5.92 Å². The number of nitrogens with one attached hydrogen (secondary N) is 1. The van der Waals surface area contributed by atoms with Crippen molar-refractivity contribution < 1.29 is 19.1 Å². The van der Waals surface area contributed by atoms with Crippen LogP contribution in [-0.2, 0) is 16.0 Å². The quantitative estimate of drug-likeness (QED) is 0.762. The molecule has 0 bridgehead atoms. The summed E-state index contributed by atoms with van der Waals surface area (Å²) < 4.78 is 11.0. The fraction of sp³-hybridized carbons (Fsp3) is 0.417. The maximum Gasteiger partial charge on any atom is 0.227 e. The molecule has 0 aromatic heterocycles. The number of hydrogen-bond donors (Lipinski definition) is 1. The minimum Gasteiger partial charge on any atom is -0.497 e. The van der Waals surface area contributed by atoms with E-state index in [1.807, 2.05) is 62.4 Å². The van der Waals surface area contributed by atoms with Crippen LogP contribution < -0.4 is 14.8 Å². The number of hydrogen-bond acceptors (Lipinski definition) is 4. The van der Waals surface area contributed by atoms with Crippen LogP contribution in [0.5, 0.6) is 11.5 Å². The molecule has 2 aromatic carbocycles. The molecule has 1 saturated heterocycles. The van der Waals surface area contributed by atoms with Gasteiger partial charge in [-0.1, -0.05) is 30.3 Å². The lowest BCUT2D eigenvalue weighted by molar-refractivity contribution is -0.130. The minimum atomic E-state index is -0.354. The van der Waals surface area contributed by atoms with Gasteiger partial charge in [0.2, 0.25) is 11.8 Å². The highest BCUT2D eigenvalue weighted by Crippen LogP contribution is 2.39. The van der Waals surface area contributed by atoms with Crippen molar-refractivity contribution in [2.45, 2.75) is 32.2 Å². The van der Waals surface area contributed by atoms with E-state index < -0.39 is 0 Å². The number of rotatable bonds is 7. The van der Waals surface area contributed by atoms with Crippen molar-refractivity contribution in [2.75, 3.05) is 27.3 Å². The van der Waals surface area contributed by atoms with Crippen molar-refractivity contribution in [1.29, 1.82) is 0 Å². The largest absolute Gasteiger partial charge is 0.497 e. The molecule has 0 radical (unpaired) electrons. The number of amides is 2. The minimum absolute atomic E-state index is 0.0212. The third-order valence-electron chi connectivity index (χ3n) is 5.47. The average molecular weight is 411 g/mol. The molecule has 3 rings (SSSR count). The van der Waals surface area contributed by atoms with Gasteiger partial charge in [0.25, 0.3) is 0 Å². The number of nitrogens with zero attached hydrogens (tertiary/aromatic N) is 1. The normalized spacial score (nSPS) is 18.4. The third-order valence-corrected chi connectivity index (χ3v) is 5.47. The molecule has 1 aliphatic heterocycles. The van der Waals surface area contributed by atoms with Gasteiger partial charge in [-0.25, -0.2) is 0 Å². The molecule has 6 heteroatoms. The molecule has 1 heterocycles. The summed E-state index contributed by atoms with van der Waals surface area (Å²) in [5, 5.41) is 3.01. The highest BCUT2D eigenvalue weighted by molar-refractivity contribution is 5.84. The third kappa shape index (κ3) is 4.93. The van der Waals surface area contributed by atoms with Gasteiger partial charge >= 0.3 is 0 Å².